The standard InChI is InChI=1S/C16H14N2O2S/c19-15(10-3-1-4-10)17-11-6-7-13-12(9-11)18-16(20-13)14-5-2-8-21-14/h2,5-10H,1,3-4H2,(H,17,19). The van der Waals surface area contributed by atoms with Crippen LogP contribution in [0.15, 0.2) is 40.1 Å². The van der Waals surface area contributed by atoms with Crippen LogP contribution in [0.4, 0.5) is 5.69 Å². The molecule has 21 heavy (non-hydrogen) atoms. The first-order valence-corrected chi connectivity index (χ1v) is 7.93. The fraction of sp³-hybridized carbons (Fsp3) is 0.250. The lowest BCUT2D eigenvalue weighted by Gasteiger charge is -2.23. The van der Waals surface area contributed by atoms with E-state index < -0.39 is 0 Å². The van der Waals surface area contributed by atoms with Crippen molar-refractivity contribution in [3.63, 3.8) is 0 Å². The molecule has 1 N–H and O–H groups in total. The van der Waals surface area contributed by atoms with E-state index in [0.717, 1.165) is 40.9 Å². The molecule has 0 atom stereocenters. The first-order valence-electron chi connectivity index (χ1n) is 7.05. The van der Waals surface area contributed by atoms with Gasteiger partial charge in [0.05, 0.1) is 4.88 Å². The number of benzene rings is 1. The maximum atomic E-state index is 12.0. The number of fused-ring (bicyclic) bond motifs is 1. The number of thiophene rings is 1. The van der Waals surface area contributed by atoms with Gasteiger partial charge < -0.3 is 9.73 Å². The zero-order chi connectivity index (χ0) is 14.2. The van der Waals surface area contributed by atoms with Crippen LogP contribution in [0.25, 0.3) is 21.9 Å². The van der Waals surface area contributed by atoms with Crippen LogP contribution in [0.5, 0.6) is 0 Å². The Kier molecular flexibility index (Phi) is 3.00. The average molecular weight is 298 g/mol. The summed E-state index contributed by atoms with van der Waals surface area (Å²) in [5.41, 5.74) is 2.29. The average Bonchev–Trinajstić information content (AvgIpc) is 3.04. The van der Waals surface area contributed by atoms with E-state index in [1.807, 2.05) is 35.7 Å². The third-order valence-corrected chi connectivity index (χ3v) is 4.72. The summed E-state index contributed by atoms with van der Waals surface area (Å²) >= 11 is 1.59. The highest BCUT2D eigenvalue weighted by Gasteiger charge is 2.25. The van der Waals surface area contributed by atoms with Gasteiger partial charge in [-0.05, 0) is 42.5 Å². The lowest BCUT2D eigenvalue weighted by atomic mass is 9.85. The molecule has 1 amide bonds. The molecule has 3 aromatic rings. The Morgan fingerprint density at radius 1 is 1.33 bits per heavy atom. The second-order valence-corrected chi connectivity index (χ2v) is 6.24. The van der Waals surface area contributed by atoms with Gasteiger partial charge in [0.2, 0.25) is 11.8 Å². The molecule has 1 aliphatic carbocycles. The van der Waals surface area contributed by atoms with Gasteiger partial charge in [0.25, 0.3) is 0 Å². The molecule has 2 aromatic heterocycles. The summed E-state index contributed by atoms with van der Waals surface area (Å²) in [6.07, 6.45) is 3.16. The number of carbonyl (C=O) groups excluding carboxylic acids is 1. The van der Waals surface area contributed by atoms with Gasteiger partial charge >= 0.3 is 0 Å². The maximum Gasteiger partial charge on any atom is 0.237 e. The van der Waals surface area contributed by atoms with E-state index in [2.05, 4.69) is 10.3 Å². The number of hydrogen-bond acceptors (Lipinski definition) is 4. The Balaban J connectivity index is 1.61. The summed E-state index contributed by atoms with van der Waals surface area (Å²) < 4.78 is 5.74. The van der Waals surface area contributed by atoms with E-state index in [4.69, 9.17) is 4.42 Å². The summed E-state index contributed by atoms with van der Waals surface area (Å²) in [5, 5.41) is 4.96. The molecule has 1 fully saturated rings. The fourth-order valence-corrected chi connectivity index (χ4v) is 3.07. The number of carbonyl (C=O) groups is 1. The van der Waals surface area contributed by atoms with Crippen molar-refractivity contribution in [3.05, 3.63) is 35.7 Å². The molecule has 1 aliphatic rings. The third-order valence-electron chi connectivity index (χ3n) is 3.86. The third kappa shape index (κ3) is 2.34. The Morgan fingerprint density at radius 3 is 2.95 bits per heavy atom. The molecule has 5 heteroatoms. The molecule has 4 nitrogen and oxygen atoms in total. The number of anilines is 1. The number of rotatable bonds is 3. The molecular weight excluding hydrogens is 284 g/mol. The van der Waals surface area contributed by atoms with E-state index in [1.54, 1.807) is 11.3 Å². The first-order chi connectivity index (χ1) is 10.3. The van der Waals surface area contributed by atoms with Crippen LogP contribution in [0.3, 0.4) is 0 Å². The first kappa shape index (κ1) is 12.6. The van der Waals surface area contributed by atoms with Crippen molar-refractivity contribution in [2.24, 2.45) is 5.92 Å². The van der Waals surface area contributed by atoms with Gasteiger partial charge in [0.15, 0.2) is 5.58 Å². The van der Waals surface area contributed by atoms with Gasteiger partial charge in [-0.15, -0.1) is 11.3 Å². The Labute approximate surface area is 125 Å². The van der Waals surface area contributed by atoms with Crippen molar-refractivity contribution < 1.29 is 9.21 Å². The van der Waals surface area contributed by atoms with Crippen LogP contribution in [0.2, 0.25) is 0 Å². The zero-order valence-electron chi connectivity index (χ0n) is 11.3. The van der Waals surface area contributed by atoms with Crippen molar-refractivity contribution in [1.29, 1.82) is 0 Å². The molecule has 0 saturated heterocycles. The largest absolute Gasteiger partial charge is 0.435 e. The predicted octanol–water partition coefficient (Wildman–Crippen LogP) is 4.29. The van der Waals surface area contributed by atoms with Gasteiger partial charge in [0.1, 0.15) is 5.52 Å². The minimum Gasteiger partial charge on any atom is -0.435 e. The van der Waals surface area contributed by atoms with Crippen molar-refractivity contribution in [2.75, 3.05) is 5.32 Å². The molecule has 1 aromatic carbocycles. The maximum absolute atomic E-state index is 12.0. The molecule has 1 saturated carbocycles. The Morgan fingerprint density at radius 2 is 2.24 bits per heavy atom. The van der Waals surface area contributed by atoms with E-state index in [0.29, 0.717) is 5.89 Å². The summed E-state index contributed by atoms with van der Waals surface area (Å²) in [4.78, 5) is 17.5. The quantitative estimate of drug-likeness (QED) is 0.784. The molecular formula is C16H14N2O2S. The monoisotopic (exact) mass is 298 g/mol. The van der Waals surface area contributed by atoms with Crippen LogP contribution in [-0.4, -0.2) is 10.9 Å². The molecule has 4 rings (SSSR count). The van der Waals surface area contributed by atoms with E-state index in [1.165, 1.54) is 0 Å². The van der Waals surface area contributed by atoms with Gasteiger partial charge in [-0.2, -0.15) is 0 Å². The van der Waals surface area contributed by atoms with Gasteiger partial charge in [-0.3, -0.25) is 4.79 Å². The van der Waals surface area contributed by atoms with Gasteiger partial charge in [-0.1, -0.05) is 12.5 Å². The lowest BCUT2D eigenvalue weighted by Crippen LogP contribution is -2.27. The second-order valence-electron chi connectivity index (χ2n) is 5.30. The molecule has 0 aliphatic heterocycles. The molecule has 0 bridgehead atoms. The number of nitrogens with zero attached hydrogens (tertiary/aromatic N) is 1. The van der Waals surface area contributed by atoms with Gasteiger partial charge in [-0.25, -0.2) is 4.98 Å². The van der Waals surface area contributed by atoms with E-state index >= 15 is 0 Å². The topological polar surface area (TPSA) is 55.1 Å². The van der Waals surface area contributed by atoms with Crippen LogP contribution < -0.4 is 5.32 Å². The highest BCUT2D eigenvalue weighted by atomic mass is 32.1. The summed E-state index contributed by atoms with van der Waals surface area (Å²) in [6, 6.07) is 9.54. The van der Waals surface area contributed by atoms with Crippen LogP contribution in [-0.2, 0) is 4.79 Å². The Bertz CT molecular complexity index is 788. The van der Waals surface area contributed by atoms with Crippen molar-refractivity contribution >= 4 is 34.0 Å². The van der Waals surface area contributed by atoms with Crippen LogP contribution >= 0.6 is 11.3 Å². The molecule has 106 valence electrons. The van der Waals surface area contributed by atoms with Crippen molar-refractivity contribution in [2.45, 2.75) is 19.3 Å². The van der Waals surface area contributed by atoms with E-state index in [-0.39, 0.29) is 11.8 Å². The highest BCUT2D eigenvalue weighted by molar-refractivity contribution is 7.13. The number of oxazole rings is 1. The second kappa shape index (κ2) is 5.00. The smallest absolute Gasteiger partial charge is 0.237 e. The van der Waals surface area contributed by atoms with Crippen molar-refractivity contribution in [3.8, 4) is 10.8 Å². The number of amides is 1. The molecule has 0 unspecified atom stereocenters. The molecule has 0 radical (unpaired) electrons. The van der Waals surface area contributed by atoms with E-state index in [9.17, 15) is 4.79 Å². The predicted molar refractivity (Wildman–Crippen MR) is 83.3 cm³/mol. The summed E-state index contributed by atoms with van der Waals surface area (Å²) in [6.45, 7) is 0. The number of hydrogen-bond donors (Lipinski definition) is 1. The number of aromatic nitrogens is 1. The van der Waals surface area contributed by atoms with Crippen molar-refractivity contribution in [1.82, 2.24) is 4.98 Å². The summed E-state index contributed by atoms with van der Waals surface area (Å²) in [5.74, 6) is 0.921. The SMILES string of the molecule is O=C(Nc1ccc2oc(-c3cccs3)nc2c1)C1CCC1. The summed E-state index contributed by atoms with van der Waals surface area (Å²) in [7, 11) is 0. The number of nitrogens with one attached hydrogen (secondary N) is 1. The lowest BCUT2D eigenvalue weighted by molar-refractivity contribution is -0.122. The minimum absolute atomic E-state index is 0.113. The highest BCUT2D eigenvalue weighted by Crippen LogP contribution is 2.30. The normalized spacial score (nSPS) is 15.0. The fourth-order valence-electron chi connectivity index (χ4n) is 2.43. The van der Waals surface area contributed by atoms with Gasteiger partial charge in [0, 0.05) is 11.6 Å². The minimum atomic E-state index is 0.113. The van der Waals surface area contributed by atoms with Crippen LogP contribution in [0.1, 0.15) is 19.3 Å². The molecule has 0 spiro atoms. The molecule has 2 heterocycles. The zero-order valence-corrected chi connectivity index (χ0v) is 12.2. The Hall–Kier alpha value is -2.14. The van der Waals surface area contributed by atoms with Crippen LogP contribution in [0, 0.1) is 5.92 Å².